The van der Waals surface area contributed by atoms with Gasteiger partial charge in [0.2, 0.25) is 29.4 Å². The molecule has 1 aliphatic heterocycles. The number of aliphatic carboxylic acids is 1. The lowest BCUT2D eigenvalue weighted by atomic mass is 10.00. The highest BCUT2D eigenvalue weighted by Crippen LogP contribution is 2.27. The molecule has 2 aromatic carbocycles. The molecular formula is C33H39N5O10. The van der Waals surface area contributed by atoms with E-state index in [9.17, 15) is 39.0 Å². The number of oxazole rings is 1. The van der Waals surface area contributed by atoms with Crippen molar-refractivity contribution < 1.29 is 48.1 Å². The van der Waals surface area contributed by atoms with E-state index in [-0.39, 0.29) is 30.7 Å². The number of carboxylic acid groups (broad SMARTS) is 1. The molecule has 15 heteroatoms. The summed E-state index contributed by atoms with van der Waals surface area (Å²) >= 11 is 0. The lowest BCUT2D eigenvalue weighted by molar-refractivity contribution is -0.143. The second-order valence-corrected chi connectivity index (χ2v) is 11.9. The Morgan fingerprint density at radius 2 is 1.73 bits per heavy atom. The molecule has 0 bridgehead atoms. The van der Waals surface area contributed by atoms with Gasteiger partial charge >= 0.3 is 5.97 Å². The Morgan fingerprint density at radius 3 is 2.35 bits per heavy atom. The summed E-state index contributed by atoms with van der Waals surface area (Å²) in [6.45, 7) is 4.89. The van der Waals surface area contributed by atoms with Gasteiger partial charge in [-0.1, -0.05) is 32.0 Å². The number of methoxy groups -OCH3 is 1. The number of phenolic OH excluding ortho intramolecular Hbond substituents is 1. The topological polar surface area (TPSA) is 217 Å². The van der Waals surface area contributed by atoms with Crippen LogP contribution in [0.1, 0.15) is 56.3 Å². The van der Waals surface area contributed by atoms with Gasteiger partial charge in [-0.15, -0.1) is 0 Å². The van der Waals surface area contributed by atoms with Crippen LogP contribution < -0.4 is 20.7 Å². The van der Waals surface area contributed by atoms with E-state index in [2.05, 4.69) is 20.9 Å². The van der Waals surface area contributed by atoms with Crippen LogP contribution in [0.4, 0.5) is 0 Å². The normalized spacial score (nSPS) is 16.2. The predicted octanol–water partition coefficient (Wildman–Crippen LogP) is 1.56. The molecule has 256 valence electrons. The standard InChI is InChI=1S/C33H39N5O10/c1-17(2)27(37-30(44)23(34-18(3)39)15-19-10-12-20(40)13-11-19)33(46)38-14-6-8-24(38)31(45)35-22(16-26(41)42)28(43)32-36-21-7-5-9-25(47-4)29(21)48-32/h5,7,9-13,17,22-24,27,40H,6,8,14-16H2,1-4H3,(H,34,39)(H,35,45)(H,37,44)(H,41,42)/t22-,23-,24-,27-/m0/s1. The van der Waals surface area contributed by atoms with Crippen molar-refractivity contribution in [1.82, 2.24) is 25.8 Å². The van der Waals surface area contributed by atoms with Crippen molar-refractivity contribution in [3.63, 3.8) is 0 Å². The van der Waals surface area contributed by atoms with Gasteiger partial charge in [-0.3, -0.25) is 28.8 Å². The lowest BCUT2D eigenvalue weighted by Gasteiger charge is -2.32. The van der Waals surface area contributed by atoms with E-state index in [4.69, 9.17) is 9.15 Å². The molecule has 4 amide bonds. The van der Waals surface area contributed by atoms with Gasteiger partial charge in [-0.2, -0.15) is 0 Å². The predicted molar refractivity (Wildman–Crippen MR) is 170 cm³/mol. The highest BCUT2D eigenvalue weighted by Gasteiger charge is 2.41. The molecule has 4 rings (SSSR count). The fourth-order valence-electron chi connectivity index (χ4n) is 5.56. The Bertz CT molecular complexity index is 1690. The summed E-state index contributed by atoms with van der Waals surface area (Å²) in [4.78, 5) is 83.3. The smallest absolute Gasteiger partial charge is 0.305 e. The Hall–Kier alpha value is -5.47. The van der Waals surface area contributed by atoms with E-state index < -0.39 is 77.8 Å². The number of rotatable bonds is 14. The van der Waals surface area contributed by atoms with Crippen LogP contribution in [-0.4, -0.2) is 93.3 Å². The summed E-state index contributed by atoms with van der Waals surface area (Å²) in [5.74, 6) is -5.07. The van der Waals surface area contributed by atoms with Gasteiger partial charge in [0.25, 0.3) is 5.89 Å². The van der Waals surface area contributed by atoms with Crippen LogP contribution in [0.15, 0.2) is 46.9 Å². The maximum atomic E-state index is 13.9. The summed E-state index contributed by atoms with van der Waals surface area (Å²) in [6, 6.07) is 6.25. The van der Waals surface area contributed by atoms with Gasteiger partial charge in [0.1, 0.15) is 35.4 Å². The van der Waals surface area contributed by atoms with E-state index in [0.717, 1.165) is 0 Å². The third-order valence-electron chi connectivity index (χ3n) is 7.96. The van der Waals surface area contributed by atoms with Gasteiger partial charge in [0.05, 0.1) is 13.5 Å². The maximum absolute atomic E-state index is 13.9. The highest BCUT2D eigenvalue weighted by molar-refractivity contribution is 6.03. The number of ether oxygens (including phenoxy) is 1. The minimum absolute atomic E-state index is 0.0412. The number of Topliss-reactive ketones (excluding diaryl/α,β-unsaturated/α-hetero) is 1. The average Bonchev–Trinajstić information content (AvgIpc) is 3.71. The molecule has 15 nitrogen and oxygen atoms in total. The summed E-state index contributed by atoms with van der Waals surface area (Å²) in [7, 11) is 1.41. The molecule has 0 spiro atoms. The van der Waals surface area contributed by atoms with Crippen molar-refractivity contribution in [2.75, 3.05) is 13.7 Å². The van der Waals surface area contributed by atoms with E-state index in [1.807, 2.05) is 0 Å². The van der Waals surface area contributed by atoms with Crippen LogP contribution in [0.5, 0.6) is 11.5 Å². The van der Waals surface area contributed by atoms with Crippen molar-refractivity contribution in [2.45, 2.75) is 70.6 Å². The number of fused-ring (bicyclic) bond motifs is 1. The second kappa shape index (κ2) is 15.4. The lowest BCUT2D eigenvalue weighted by Crippen LogP contribution is -2.59. The number of aromatic hydroxyl groups is 1. The fourth-order valence-corrected chi connectivity index (χ4v) is 5.56. The SMILES string of the molecule is COc1cccc2nc(C(=O)[C@H](CC(=O)O)NC(=O)[C@@H]3CCCN3C(=O)[C@@H](NC(=O)[C@H](Cc3ccc(O)cc3)NC(C)=O)C(C)C)oc12. The number of carboxylic acids is 1. The summed E-state index contributed by atoms with van der Waals surface area (Å²) in [5, 5.41) is 26.9. The number of nitrogens with zero attached hydrogens (tertiary/aromatic N) is 2. The third kappa shape index (κ3) is 8.46. The number of amides is 4. The molecular weight excluding hydrogens is 626 g/mol. The van der Waals surface area contributed by atoms with Crippen LogP contribution in [0.2, 0.25) is 0 Å². The number of likely N-dealkylation sites (tertiary alicyclic amines) is 1. The zero-order chi connectivity index (χ0) is 35.1. The third-order valence-corrected chi connectivity index (χ3v) is 7.96. The van der Waals surface area contributed by atoms with Crippen LogP contribution in [-0.2, 0) is 30.4 Å². The van der Waals surface area contributed by atoms with Crippen LogP contribution in [0.25, 0.3) is 11.1 Å². The molecule has 2 heterocycles. The van der Waals surface area contributed by atoms with Crippen LogP contribution >= 0.6 is 0 Å². The van der Waals surface area contributed by atoms with Crippen LogP contribution in [0.3, 0.4) is 0 Å². The minimum Gasteiger partial charge on any atom is -0.508 e. The molecule has 1 aliphatic rings. The molecule has 5 N–H and O–H groups in total. The zero-order valence-corrected chi connectivity index (χ0v) is 27.0. The van der Waals surface area contributed by atoms with E-state index in [1.54, 1.807) is 44.2 Å². The van der Waals surface area contributed by atoms with E-state index in [1.165, 1.54) is 31.1 Å². The number of carbonyl (C=O) groups excluding carboxylic acids is 5. The quantitative estimate of drug-likeness (QED) is 0.156. The first-order chi connectivity index (χ1) is 22.8. The van der Waals surface area contributed by atoms with Gasteiger partial charge in [0.15, 0.2) is 11.3 Å². The molecule has 48 heavy (non-hydrogen) atoms. The second-order valence-electron chi connectivity index (χ2n) is 11.9. The van der Waals surface area contributed by atoms with Crippen molar-refractivity contribution in [3.05, 3.63) is 53.9 Å². The molecule has 0 aliphatic carbocycles. The Kier molecular flexibility index (Phi) is 11.4. The number of benzene rings is 2. The summed E-state index contributed by atoms with van der Waals surface area (Å²) in [5.41, 5.74) is 1.14. The summed E-state index contributed by atoms with van der Waals surface area (Å²) < 4.78 is 10.8. The first kappa shape index (κ1) is 35.4. The first-order valence-corrected chi connectivity index (χ1v) is 15.4. The highest BCUT2D eigenvalue weighted by atomic mass is 16.5. The Labute approximate surface area is 276 Å². The molecule has 1 saturated heterocycles. The number of hydrogen-bond donors (Lipinski definition) is 5. The average molecular weight is 666 g/mol. The van der Waals surface area contributed by atoms with Gasteiger partial charge in [-0.25, -0.2) is 4.98 Å². The van der Waals surface area contributed by atoms with E-state index in [0.29, 0.717) is 23.3 Å². The summed E-state index contributed by atoms with van der Waals surface area (Å²) in [6.07, 6.45) is 0.00283. The van der Waals surface area contributed by atoms with Crippen LogP contribution in [0, 0.1) is 5.92 Å². The first-order valence-electron chi connectivity index (χ1n) is 15.4. The fraction of sp³-hybridized carbons (Fsp3) is 0.424. The number of para-hydroxylation sites is 1. The molecule has 3 aromatic rings. The van der Waals surface area contributed by atoms with E-state index >= 15 is 0 Å². The van der Waals surface area contributed by atoms with Crippen molar-refractivity contribution in [3.8, 4) is 11.5 Å². The largest absolute Gasteiger partial charge is 0.508 e. The number of nitrogens with one attached hydrogen (secondary N) is 3. The minimum atomic E-state index is -1.55. The van der Waals surface area contributed by atoms with Crippen molar-refractivity contribution in [1.29, 1.82) is 0 Å². The molecule has 0 radical (unpaired) electrons. The van der Waals surface area contributed by atoms with Gasteiger partial charge in [-0.05, 0) is 48.6 Å². The maximum Gasteiger partial charge on any atom is 0.305 e. The molecule has 1 aromatic heterocycles. The number of aromatic nitrogens is 1. The van der Waals surface area contributed by atoms with Crippen molar-refractivity contribution in [2.24, 2.45) is 5.92 Å². The molecule has 4 atom stereocenters. The molecule has 0 unspecified atom stereocenters. The zero-order valence-electron chi connectivity index (χ0n) is 27.0. The monoisotopic (exact) mass is 665 g/mol. The Balaban J connectivity index is 1.50. The van der Waals surface area contributed by atoms with Gasteiger partial charge < -0.3 is 40.2 Å². The number of hydrogen-bond acceptors (Lipinski definition) is 10. The number of ketones is 1. The Morgan fingerprint density at radius 1 is 1.02 bits per heavy atom. The van der Waals surface area contributed by atoms with Crippen molar-refractivity contribution >= 4 is 46.5 Å². The number of phenols is 1. The molecule has 1 fully saturated rings. The number of carbonyl (C=O) groups is 6. The molecule has 0 saturated carbocycles. The van der Waals surface area contributed by atoms with Gasteiger partial charge in [0, 0.05) is 19.9 Å².